The van der Waals surface area contributed by atoms with E-state index in [0.29, 0.717) is 6.54 Å². The topological polar surface area (TPSA) is 63.8 Å². The van der Waals surface area contributed by atoms with Crippen molar-refractivity contribution in [2.45, 2.75) is 33.2 Å². The molecule has 0 amide bonds. The first-order chi connectivity index (χ1) is 15.8. The smallest absolute Gasteiger partial charge is 0.253 e. The first-order valence-electron chi connectivity index (χ1n) is 11.9. The van der Waals surface area contributed by atoms with Crippen molar-refractivity contribution in [1.29, 1.82) is 0 Å². The minimum Gasteiger partial charge on any atom is -0.379 e. The average molecular weight is 474 g/mol. The first-order valence-corrected chi connectivity index (χ1v) is 12.3. The number of benzene rings is 1. The van der Waals surface area contributed by atoms with Gasteiger partial charge in [-0.25, -0.2) is 0 Å². The van der Waals surface area contributed by atoms with Gasteiger partial charge in [0.2, 0.25) is 0 Å². The lowest BCUT2D eigenvalue weighted by molar-refractivity contribution is 0.0367. The zero-order valence-electron chi connectivity index (χ0n) is 20.6. The van der Waals surface area contributed by atoms with E-state index < -0.39 is 0 Å². The number of hydrogen-bond acceptors (Lipinski definition) is 5. The lowest BCUT2D eigenvalue weighted by Crippen LogP contribution is -2.43. The number of hydrogen-bond donors (Lipinski definition) is 2. The molecule has 2 aromatic rings. The molecule has 7 nitrogen and oxygen atoms in total. The molecule has 2 heterocycles. The summed E-state index contributed by atoms with van der Waals surface area (Å²) < 4.78 is 5.46. The van der Waals surface area contributed by atoms with Crippen LogP contribution in [0.3, 0.4) is 0 Å². The van der Waals surface area contributed by atoms with Gasteiger partial charge in [0.05, 0.1) is 25.3 Å². The van der Waals surface area contributed by atoms with Crippen molar-refractivity contribution in [2.75, 3.05) is 66.6 Å². The minimum atomic E-state index is -0.0389. The zero-order valence-corrected chi connectivity index (χ0v) is 21.4. The largest absolute Gasteiger partial charge is 0.379 e. The number of ether oxygens (including phenoxy) is 1. The van der Waals surface area contributed by atoms with E-state index in [1.165, 1.54) is 5.56 Å². The maximum absolute atomic E-state index is 12.9. The van der Waals surface area contributed by atoms with E-state index >= 15 is 0 Å². The molecule has 1 fully saturated rings. The number of pyridine rings is 1. The number of aryl methyl sites for hydroxylation is 2. The van der Waals surface area contributed by atoms with Gasteiger partial charge in [-0.15, -0.1) is 0 Å². The van der Waals surface area contributed by atoms with E-state index in [1.807, 2.05) is 13.0 Å². The maximum atomic E-state index is 12.9. The fourth-order valence-electron chi connectivity index (χ4n) is 4.32. The lowest BCUT2D eigenvalue weighted by atomic mass is 10.1. The van der Waals surface area contributed by atoms with E-state index in [1.54, 1.807) is 0 Å². The molecule has 0 radical (unpaired) electrons. The van der Waals surface area contributed by atoms with Crippen LogP contribution in [-0.4, -0.2) is 91.4 Å². The number of morpholine rings is 1. The van der Waals surface area contributed by atoms with Gasteiger partial charge >= 0.3 is 0 Å². The summed E-state index contributed by atoms with van der Waals surface area (Å²) in [7, 11) is 4.15. The molecule has 1 aromatic heterocycles. The highest BCUT2D eigenvalue weighted by Gasteiger charge is 2.16. The molecule has 0 unspecified atom stereocenters. The van der Waals surface area contributed by atoms with Crippen LogP contribution in [-0.2, 0) is 11.3 Å². The second-order valence-electron chi connectivity index (χ2n) is 9.29. The molecule has 0 saturated carbocycles. The summed E-state index contributed by atoms with van der Waals surface area (Å²) in [5, 5.41) is 5.19. The molecule has 1 aliphatic heterocycles. The third kappa shape index (κ3) is 7.78. The van der Waals surface area contributed by atoms with E-state index in [-0.39, 0.29) is 5.56 Å². The molecule has 33 heavy (non-hydrogen) atoms. The van der Waals surface area contributed by atoms with Gasteiger partial charge in [0.15, 0.2) is 5.11 Å². The van der Waals surface area contributed by atoms with Crippen LogP contribution in [0.15, 0.2) is 23.0 Å². The van der Waals surface area contributed by atoms with Crippen LogP contribution in [0.1, 0.15) is 29.5 Å². The van der Waals surface area contributed by atoms with Crippen molar-refractivity contribution in [3.05, 3.63) is 45.2 Å². The normalized spacial score (nSPS) is 14.7. The molecular weight excluding hydrogens is 434 g/mol. The number of H-pyrrole nitrogens is 1. The Morgan fingerprint density at radius 2 is 1.91 bits per heavy atom. The van der Waals surface area contributed by atoms with E-state index in [0.717, 1.165) is 92.5 Å². The lowest BCUT2D eigenvalue weighted by Gasteiger charge is -2.29. The average Bonchev–Trinajstić information content (AvgIpc) is 2.77. The molecular formula is C25H39N5O2S. The first kappa shape index (κ1) is 25.6. The number of thiocarbonyl (C=S) groups is 1. The molecule has 3 rings (SSSR count). The number of rotatable bonds is 10. The summed E-state index contributed by atoms with van der Waals surface area (Å²) >= 11 is 5.76. The Kier molecular flexibility index (Phi) is 9.67. The van der Waals surface area contributed by atoms with Crippen molar-refractivity contribution in [3.8, 4) is 0 Å². The maximum Gasteiger partial charge on any atom is 0.253 e. The summed E-state index contributed by atoms with van der Waals surface area (Å²) in [6, 6.07) is 6.25. The van der Waals surface area contributed by atoms with Gasteiger partial charge in [-0.3, -0.25) is 9.69 Å². The predicted molar refractivity (Wildman–Crippen MR) is 140 cm³/mol. The van der Waals surface area contributed by atoms with Gasteiger partial charge in [0.25, 0.3) is 5.56 Å². The summed E-state index contributed by atoms with van der Waals surface area (Å²) in [6.07, 6.45) is 2.01. The van der Waals surface area contributed by atoms with Gasteiger partial charge in [0.1, 0.15) is 0 Å². The third-order valence-corrected chi connectivity index (χ3v) is 6.49. The van der Waals surface area contributed by atoms with Crippen molar-refractivity contribution >= 4 is 28.2 Å². The van der Waals surface area contributed by atoms with Gasteiger partial charge in [-0.1, -0.05) is 11.6 Å². The number of aromatic amines is 1. The Balaban J connectivity index is 1.71. The van der Waals surface area contributed by atoms with Crippen molar-refractivity contribution in [2.24, 2.45) is 0 Å². The molecule has 0 atom stereocenters. The summed E-state index contributed by atoms with van der Waals surface area (Å²) in [6.45, 7) is 11.8. The molecule has 8 heteroatoms. The molecule has 1 aliphatic rings. The Morgan fingerprint density at radius 1 is 1.15 bits per heavy atom. The molecule has 0 aliphatic carbocycles. The molecule has 1 saturated heterocycles. The van der Waals surface area contributed by atoms with E-state index in [4.69, 9.17) is 17.0 Å². The van der Waals surface area contributed by atoms with Crippen molar-refractivity contribution in [1.82, 2.24) is 25.0 Å². The Hall–Kier alpha value is -2.00. The molecule has 1 aromatic carbocycles. The van der Waals surface area contributed by atoms with Crippen LogP contribution >= 0.6 is 12.2 Å². The number of aromatic nitrogens is 1. The highest BCUT2D eigenvalue weighted by molar-refractivity contribution is 7.80. The van der Waals surface area contributed by atoms with Crippen LogP contribution in [0, 0.1) is 13.8 Å². The number of nitrogens with zero attached hydrogens (tertiary/aromatic N) is 3. The summed E-state index contributed by atoms with van der Waals surface area (Å²) in [5.41, 5.74) is 3.91. The van der Waals surface area contributed by atoms with Crippen LogP contribution in [0.5, 0.6) is 0 Å². The van der Waals surface area contributed by atoms with E-state index in [2.05, 4.69) is 58.2 Å². The Bertz CT molecular complexity index is 985. The number of nitrogens with one attached hydrogen (secondary N) is 2. The zero-order chi connectivity index (χ0) is 23.8. The fraction of sp³-hybridized carbons (Fsp3) is 0.600. The van der Waals surface area contributed by atoms with Crippen LogP contribution < -0.4 is 10.9 Å². The monoisotopic (exact) mass is 473 g/mol. The highest BCUT2D eigenvalue weighted by Crippen LogP contribution is 2.18. The molecule has 2 N–H and O–H groups in total. The summed E-state index contributed by atoms with van der Waals surface area (Å²) in [5.74, 6) is 0. The quantitative estimate of drug-likeness (QED) is 0.406. The van der Waals surface area contributed by atoms with Crippen LogP contribution in [0.2, 0.25) is 0 Å². The number of fused-ring (bicyclic) bond motifs is 1. The fourth-order valence-corrected chi connectivity index (χ4v) is 4.58. The van der Waals surface area contributed by atoms with Gasteiger partial charge in [-0.2, -0.15) is 0 Å². The molecule has 182 valence electrons. The second kappa shape index (κ2) is 12.5. The van der Waals surface area contributed by atoms with Crippen LogP contribution in [0.25, 0.3) is 10.9 Å². The standard InChI is InChI=1S/C25H39N5O2S/c1-19-15-20(2)23-21(16-19)17-22(24(31)27-23)18-30(25(33)26-7-5-8-28(3)4)10-6-9-29-11-13-32-14-12-29/h15-17H,5-14,18H2,1-4H3,(H,26,33)(H,27,31). The van der Waals surface area contributed by atoms with Gasteiger partial charge < -0.3 is 24.8 Å². The second-order valence-corrected chi connectivity index (χ2v) is 9.67. The minimum absolute atomic E-state index is 0.0389. The third-order valence-electron chi connectivity index (χ3n) is 6.08. The van der Waals surface area contributed by atoms with Gasteiger partial charge in [-0.05, 0) is 82.6 Å². The summed E-state index contributed by atoms with van der Waals surface area (Å²) in [4.78, 5) is 22.8. The van der Waals surface area contributed by atoms with Gasteiger partial charge in [0, 0.05) is 38.3 Å². The Morgan fingerprint density at radius 3 is 2.64 bits per heavy atom. The molecule has 0 bridgehead atoms. The highest BCUT2D eigenvalue weighted by atomic mass is 32.1. The van der Waals surface area contributed by atoms with Crippen LogP contribution in [0.4, 0.5) is 0 Å². The van der Waals surface area contributed by atoms with Crippen molar-refractivity contribution < 1.29 is 4.74 Å². The SMILES string of the molecule is Cc1cc(C)c2[nH]c(=O)c(CN(CCCN3CCOCC3)C(=S)NCCCN(C)C)cc2c1. The van der Waals surface area contributed by atoms with Crippen molar-refractivity contribution in [3.63, 3.8) is 0 Å². The van der Waals surface area contributed by atoms with E-state index in [9.17, 15) is 4.79 Å². The molecule has 0 spiro atoms. The Labute approximate surface area is 203 Å². The predicted octanol–water partition coefficient (Wildman–Crippen LogP) is 2.50.